The summed E-state index contributed by atoms with van der Waals surface area (Å²) in [5.41, 5.74) is 0.654. The summed E-state index contributed by atoms with van der Waals surface area (Å²) in [6.07, 6.45) is 0. The Bertz CT molecular complexity index is 622. The van der Waals surface area contributed by atoms with Crippen LogP contribution in [0, 0.1) is 0 Å². The van der Waals surface area contributed by atoms with Crippen LogP contribution in [0.4, 0.5) is 0 Å². The van der Waals surface area contributed by atoms with Gasteiger partial charge in [-0.1, -0.05) is 6.07 Å². The van der Waals surface area contributed by atoms with Gasteiger partial charge in [-0.2, -0.15) is 5.10 Å². The fourth-order valence-electron chi connectivity index (χ4n) is 1.75. The number of benzene rings is 1. The molecule has 0 radical (unpaired) electrons. The molecule has 0 atom stereocenters. The Balaban J connectivity index is 2.45. The van der Waals surface area contributed by atoms with Gasteiger partial charge in [-0.15, -0.1) is 0 Å². The number of ether oxygens (including phenoxy) is 2. The normalized spacial score (nSPS) is 10.2. The van der Waals surface area contributed by atoms with Gasteiger partial charge in [0.1, 0.15) is 0 Å². The summed E-state index contributed by atoms with van der Waals surface area (Å²) in [4.78, 5) is 17.4. The predicted molar refractivity (Wildman–Crippen MR) is 72.9 cm³/mol. The maximum atomic E-state index is 11.8. The summed E-state index contributed by atoms with van der Waals surface area (Å²) in [6, 6.07) is 5.38. The first kappa shape index (κ1) is 13.9. The Hall–Kier alpha value is -2.57. The smallest absolute Gasteiger partial charge is 0.290 e. The van der Waals surface area contributed by atoms with E-state index in [2.05, 4.69) is 15.2 Å². The fraction of sp³-hybridized carbons (Fsp3) is 0.308. The second kappa shape index (κ2) is 5.60. The van der Waals surface area contributed by atoms with Gasteiger partial charge in [-0.3, -0.25) is 9.89 Å². The van der Waals surface area contributed by atoms with Crippen molar-refractivity contribution in [2.45, 2.75) is 0 Å². The number of methoxy groups -OCH3 is 2. The van der Waals surface area contributed by atoms with Crippen molar-refractivity contribution in [1.82, 2.24) is 20.1 Å². The molecule has 1 amide bonds. The highest BCUT2D eigenvalue weighted by atomic mass is 16.5. The lowest BCUT2D eigenvalue weighted by Gasteiger charge is -2.10. The number of rotatable bonds is 4. The SMILES string of the molecule is COc1cccc(-c2n[nH]c(C(=O)N(C)C)n2)c1OC. The zero-order valence-corrected chi connectivity index (χ0v) is 11.8. The summed E-state index contributed by atoms with van der Waals surface area (Å²) < 4.78 is 10.5. The van der Waals surface area contributed by atoms with Crippen LogP contribution in [0.25, 0.3) is 11.4 Å². The van der Waals surface area contributed by atoms with E-state index in [1.807, 2.05) is 0 Å². The van der Waals surface area contributed by atoms with E-state index in [1.165, 1.54) is 4.90 Å². The van der Waals surface area contributed by atoms with E-state index in [4.69, 9.17) is 9.47 Å². The molecule has 106 valence electrons. The van der Waals surface area contributed by atoms with Crippen LogP contribution in [0.15, 0.2) is 18.2 Å². The number of amides is 1. The standard InChI is InChI=1S/C13H16N4O3/c1-17(2)13(18)12-14-11(15-16-12)8-6-5-7-9(19-3)10(8)20-4/h5-7H,1-4H3,(H,14,15,16). The Labute approximate surface area is 116 Å². The minimum Gasteiger partial charge on any atom is -0.493 e. The van der Waals surface area contributed by atoms with Crippen LogP contribution in [0.3, 0.4) is 0 Å². The predicted octanol–water partition coefficient (Wildman–Crippen LogP) is 1.19. The molecule has 0 aliphatic heterocycles. The molecule has 7 heteroatoms. The van der Waals surface area contributed by atoms with Gasteiger partial charge in [0.25, 0.3) is 5.91 Å². The first-order valence-corrected chi connectivity index (χ1v) is 5.94. The zero-order chi connectivity index (χ0) is 14.7. The maximum absolute atomic E-state index is 11.8. The van der Waals surface area contributed by atoms with E-state index in [0.717, 1.165) is 0 Å². The van der Waals surface area contributed by atoms with E-state index in [1.54, 1.807) is 46.5 Å². The maximum Gasteiger partial charge on any atom is 0.290 e. The summed E-state index contributed by atoms with van der Waals surface area (Å²) in [5.74, 6) is 1.42. The van der Waals surface area contributed by atoms with Gasteiger partial charge < -0.3 is 14.4 Å². The number of hydrogen-bond acceptors (Lipinski definition) is 5. The number of nitrogens with one attached hydrogen (secondary N) is 1. The highest BCUT2D eigenvalue weighted by molar-refractivity contribution is 5.90. The van der Waals surface area contributed by atoms with E-state index in [9.17, 15) is 4.79 Å². The number of hydrogen-bond donors (Lipinski definition) is 1. The van der Waals surface area contributed by atoms with Crippen LogP contribution in [0.5, 0.6) is 11.5 Å². The molecule has 0 aliphatic rings. The summed E-state index contributed by atoms with van der Waals surface area (Å²) in [5, 5.41) is 6.68. The molecular formula is C13H16N4O3. The van der Waals surface area contributed by atoms with Crippen LogP contribution in [-0.4, -0.2) is 54.3 Å². The van der Waals surface area contributed by atoms with Crippen molar-refractivity contribution < 1.29 is 14.3 Å². The molecule has 0 saturated carbocycles. The van der Waals surface area contributed by atoms with Crippen molar-refractivity contribution in [3.8, 4) is 22.9 Å². The third-order valence-electron chi connectivity index (χ3n) is 2.74. The van der Waals surface area contributed by atoms with Crippen LogP contribution >= 0.6 is 0 Å². The van der Waals surface area contributed by atoms with Gasteiger partial charge in [0.15, 0.2) is 17.3 Å². The Kier molecular flexibility index (Phi) is 3.88. The zero-order valence-electron chi connectivity index (χ0n) is 11.8. The van der Waals surface area contributed by atoms with Crippen LogP contribution < -0.4 is 9.47 Å². The first-order chi connectivity index (χ1) is 9.58. The third-order valence-corrected chi connectivity index (χ3v) is 2.74. The molecule has 2 aromatic rings. The van der Waals surface area contributed by atoms with Gasteiger partial charge in [-0.05, 0) is 12.1 Å². The van der Waals surface area contributed by atoms with Crippen molar-refractivity contribution in [3.63, 3.8) is 0 Å². The lowest BCUT2D eigenvalue weighted by atomic mass is 10.1. The topological polar surface area (TPSA) is 80.3 Å². The number of aromatic nitrogens is 3. The average Bonchev–Trinajstić information content (AvgIpc) is 2.94. The van der Waals surface area contributed by atoms with Gasteiger partial charge in [0.2, 0.25) is 5.82 Å². The summed E-state index contributed by atoms with van der Waals surface area (Å²) in [6.45, 7) is 0. The molecule has 0 saturated heterocycles. The minimum atomic E-state index is -0.245. The third kappa shape index (κ3) is 2.42. The van der Waals surface area contributed by atoms with Crippen molar-refractivity contribution in [2.24, 2.45) is 0 Å². The monoisotopic (exact) mass is 276 g/mol. The lowest BCUT2D eigenvalue weighted by molar-refractivity contribution is 0.0816. The van der Waals surface area contributed by atoms with Gasteiger partial charge in [0.05, 0.1) is 19.8 Å². The van der Waals surface area contributed by atoms with E-state index in [0.29, 0.717) is 22.9 Å². The van der Waals surface area contributed by atoms with Gasteiger partial charge in [0, 0.05) is 14.1 Å². The van der Waals surface area contributed by atoms with E-state index < -0.39 is 0 Å². The average molecular weight is 276 g/mol. The van der Waals surface area contributed by atoms with E-state index in [-0.39, 0.29) is 11.7 Å². The fourth-order valence-corrected chi connectivity index (χ4v) is 1.75. The summed E-state index contributed by atoms with van der Waals surface area (Å²) >= 11 is 0. The van der Waals surface area contributed by atoms with Crippen LogP contribution in [-0.2, 0) is 0 Å². The number of carbonyl (C=O) groups excluding carboxylic acids is 1. The van der Waals surface area contributed by atoms with Crippen LogP contribution in [0.2, 0.25) is 0 Å². The first-order valence-electron chi connectivity index (χ1n) is 5.94. The molecule has 2 rings (SSSR count). The molecule has 0 aliphatic carbocycles. The Morgan fingerprint density at radius 1 is 1.25 bits per heavy atom. The van der Waals surface area contributed by atoms with Gasteiger partial charge >= 0.3 is 0 Å². The molecule has 20 heavy (non-hydrogen) atoms. The number of nitrogens with zero attached hydrogens (tertiary/aromatic N) is 3. The molecule has 7 nitrogen and oxygen atoms in total. The van der Waals surface area contributed by atoms with Crippen molar-refractivity contribution in [2.75, 3.05) is 28.3 Å². The van der Waals surface area contributed by atoms with Crippen molar-refractivity contribution in [3.05, 3.63) is 24.0 Å². The molecule has 0 spiro atoms. The molecule has 0 unspecified atom stereocenters. The molecule has 1 N–H and O–H groups in total. The van der Waals surface area contributed by atoms with Crippen molar-refractivity contribution >= 4 is 5.91 Å². The van der Waals surface area contributed by atoms with Crippen molar-refractivity contribution in [1.29, 1.82) is 0 Å². The van der Waals surface area contributed by atoms with Crippen LogP contribution in [0.1, 0.15) is 10.6 Å². The molecule has 1 heterocycles. The highest BCUT2D eigenvalue weighted by Gasteiger charge is 2.18. The summed E-state index contributed by atoms with van der Waals surface area (Å²) in [7, 11) is 6.40. The quantitative estimate of drug-likeness (QED) is 0.907. The number of carbonyl (C=O) groups is 1. The molecule has 0 bridgehead atoms. The molecule has 0 fully saturated rings. The molecule has 1 aromatic heterocycles. The second-order valence-electron chi connectivity index (χ2n) is 4.25. The highest BCUT2D eigenvalue weighted by Crippen LogP contribution is 2.36. The number of aromatic amines is 1. The van der Waals surface area contributed by atoms with E-state index >= 15 is 0 Å². The number of H-pyrrole nitrogens is 1. The molecule has 1 aromatic carbocycles. The molecular weight excluding hydrogens is 260 g/mol. The Morgan fingerprint density at radius 3 is 2.60 bits per heavy atom. The van der Waals surface area contributed by atoms with Gasteiger partial charge in [-0.25, -0.2) is 4.98 Å². The largest absolute Gasteiger partial charge is 0.493 e. The second-order valence-corrected chi connectivity index (χ2v) is 4.25. The number of para-hydroxylation sites is 1. The minimum absolute atomic E-state index is 0.176. The lowest BCUT2D eigenvalue weighted by Crippen LogP contribution is -2.22. The Morgan fingerprint density at radius 2 is 2.00 bits per heavy atom.